The standard InChI is InChI=1S/C22H46O2/c1-4-7-10-12-14-16-19-21(18-9-6-3)22(23,24)20-17-15-13-11-8-5-2/h21,23-24H,4-20H2,1-3H3. The minimum Gasteiger partial charge on any atom is -0.365 e. The smallest absolute Gasteiger partial charge is 0.165 e. The largest absolute Gasteiger partial charge is 0.365 e. The van der Waals surface area contributed by atoms with Crippen LogP contribution >= 0.6 is 0 Å². The molecule has 0 aliphatic carbocycles. The summed E-state index contributed by atoms with van der Waals surface area (Å²) in [6.45, 7) is 6.66. The van der Waals surface area contributed by atoms with Gasteiger partial charge in [0.05, 0.1) is 0 Å². The van der Waals surface area contributed by atoms with Crippen LogP contribution in [0, 0.1) is 5.92 Å². The van der Waals surface area contributed by atoms with Gasteiger partial charge in [-0.15, -0.1) is 0 Å². The molecule has 0 spiro atoms. The summed E-state index contributed by atoms with van der Waals surface area (Å²) in [5.41, 5.74) is 0. The summed E-state index contributed by atoms with van der Waals surface area (Å²) in [5, 5.41) is 21.2. The fourth-order valence-electron chi connectivity index (χ4n) is 3.60. The van der Waals surface area contributed by atoms with E-state index in [1.165, 1.54) is 57.8 Å². The van der Waals surface area contributed by atoms with Crippen LogP contribution in [0.5, 0.6) is 0 Å². The molecule has 0 saturated heterocycles. The average Bonchev–Trinajstić information content (AvgIpc) is 2.56. The number of aliphatic hydroxyl groups is 2. The highest BCUT2D eigenvalue weighted by atomic mass is 16.5. The van der Waals surface area contributed by atoms with Gasteiger partial charge in [-0.1, -0.05) is 104 Å². The fourth-order valence-corrected chi connectivity index (χ4v) is 3.60. The summed E-state index contributed by atoms with van der Waals surface area (Å²) < 4.78 is 0. The zero-order chi connectivity index (χ0) is 18.1. The van der Waals surface area contributed by atoms with Gasteiger partial charge in [0.25, 0.3) is 0 Å². The summed E-state index contributed by atoms with van der Waals surface area (Å²) >= 11 is 0. The first-order chi connectivity index (χ1) is 11.6. The maximum atomic E-state index is 10.6. The lowest BCUT2D eigenvalue weighted by Gasteiger charge is -2.32. The van der Waals surface area contributed by atoms with Gasteiger partial charge >= 0.3 is 0 Å². The van der Waals surface area contributed by atoms with Crippen LogP contribution in [-0.4, -0.2) is 16.0 Å². The summed E-state index contributed by atoms with van der Waals surface area (Å²) in [5.74, 6) is -1.37. The lowest BCUT2D eigenvalue weighted by atomic mass is 9.85. The normalized spacial score (nSPS) is 13.4. The van der Waals surface area contributed by atoms with Crippen molar-refractivity contribution >= 4 is 0 Å². The molecule has 0 heterocycles. The molecule has 0 aromatic carbocycles. The van der Waals surface area contributed by atoms with Crippen molar-refractivity contribution in [2.45, 2.75) is 136 Å². The molecule has 0 fully saturated rings. The van der Waals surface area contributed by atoms with E-state index in [-0.39, 0.29) is 5.92 Å². The molecular weight excluding hydrogens is 296 g/mol. The topological polar surface area (TPSA) is 40.5 Å². The van der Waals surface area contributed by atoms with E-state index >= 15 is 0 Å². The van der Waals surface area contributed by atoms with Gasteiger partial charge in [-0.2, -0.15) is 0 Å². The third-order valence-electron chi connectivity index (χ3n) is 5.36. The molecule has 0 aromatic heterocycles. The second-order valence-corrected chi connectivity index (χ2v) is 7.79. The Balaban J connectivity index is 4.07. The van der Waals surface area contributed by atoms with E-state index in [0.717, 1.165) is 44.9 Å². The number of rotatable bonds is 18. The summed E-state index contributed by atoms with van der Waals surface area (Å²) in [4.78, 5) is 0. The van der Waals surface area contributed by atoms with Crippen molar-refractivity contribution in [2.24, 2.45) is 5.92 Å². The zero-order valence-electron chi connectivity index (χ0n) is 17.0. The molecule has 0 bridgehead atoms. The van der Waals surface area contributed by atoms with Crippen LogP contribution < -0.4 is 0 Å². The van der Waals surface area contributed by atoms with E-state index in [4.69, 9.17) is 0 Å². The van der Waals surface area contributed by atoms with Crippen LogP contribution in [0.25, 0.3) is 0 Å². The third kappa shape index (κ3) is 13.2. The summed E-state index contributed by atoms with van der Waals surface area (Å²) in [7, 11) is 0. The van der Waals surface area contributed by atoms with Crippen LogP contribution in [0.2, 0.25) is 0 Å². The molecule has 0 radical (unpaired) electrons. The molecule has 2 heteroatoms. The Labute approximate surface area is 152 Å². The Morgan fingerprint density at radius 3 is 1.50 bits per heavy atom. The summed E-state index contributed by atoms with van der Waals surface area (Å²) in [6, 6.07) is 0. The highest BCUT2D eigenvalue weighted by molar-refractivity contribution is 4.76. The molecule has 0 rings (SSSR count). The molecule has 24 heavy (non-hydrogen) atoms. The van der Waals surface area contributed by atoms with Crippen molar-refractivity contribution in [1.29, 1.82) is 0 Å². The lowest BCUT2D eigenvalue weighted by molar-refractivity contribution is -0.209. The Bertz CT molecular complexity index is 250. The van der Waals surface area contributed by atoms with E-state index < -0.39 is 5.79 Å². The molecule has 0 aromatic rings. The van der Waals surface area contributed by atoms with Crippen molar-refractivity contribution < 1.29 is 10.2 Å². The second kappa shape index (κ2) is 16.4. The molecule has 1 unspecified atom stereocenters. The Kier molecular flexibility index (Phi) is 16.3. The second-order valence-electron chi connectivity index (χ2n) is 7.79. The van der Waals surface area contributed by atoms with Gasteiger partial charge in [0.2, 0.25) is 0 Å². The quantitative estimate of drug-likeness (QED) is 0.208. The van der Waals surface area contributed by atoms with Gasteiger partial charge in [0, 0.05) is 12.3 Å². The molecule has 2 nitrogen and oxygen atoms in total. The molecule has 0 aliphatic heterocycles. The van der Waals surface area contributed by atoms with Crippen LogP contribution in [-0.2, 0) is 0 Å². The molecular formula is C22H46O2. The minimum absolute atomic E-state index is 0.0688. The van der Waals surface area contributed by atoms with E-state index in [1.807, 2.05) is 0 Å². The van der Waals surface area contributed by atoms with E-state index in [2.05, 4.69) is 20.8 Å². The highest BCUT2D eigenvalue weighted by Gasteiger charge is 2.32. The number of hydrogen-bond donors (Lipinski definition) is 2. The molecule has 0 saturated carbocycles. The fraction of sp³-hybridized carbons (Fsp3) is 1.00. The van der Waals surface area contributed by atoms with Crippen LogP contribution in [0.4, 0.5) is 0 Å². The predicted molar refractivity (Wildman–Crippen MR) is 106 cm³/mol. The SMILES string of the molecule is CCCCCCCCC(CCCC)C(O)(O)CCCCCCCC. The van der Waals surface area contributed by atoms with Crippen molar-refractivity contribution in [1.82, 2.24) is 0 Å². The third-order valence-corrected chi connectivity index (χ3v) is 5.36. The van der Waals surface area contributed by atoms with Crippen molar-refractivity contribution in [3.8, 4) is 0 Å². The van der Waals surface area contributed by atoms with Crippen molar-refractivity contribution in [3.63, 3.8) is 0 Å². The maximum Gasteiger partial charge on any atom is 0.165 e. The highest BCUT2D eigenvalue weighted by Crippen LogP contribution is 2.31. The van der Waals surface area contributed by atoms with E-state index in [0.29, 0.717) is 6.42 Å². The van der Waals surface area contributed by atoms with Gasteiger partial charge in [-0.25, -0.2) is 0 Å². The van der Waals surface area contributed by atoms with Gasteiger partial charge in [-0.3, -0.25) is 0 Å². The average molecular weight is 343 g/mol. The maximum absolute atomic E-state index is 10.6. The minimum atomic E-state index is -1.44. The lowest BCUT2D eigenvalue weighted by Crippen LogP contribution is -2.37. The number of hydrogen-bond acceptors (Lipinski definition) is 2. The van der Waals surface area contributed by atoms with Crippen LogP contribution in [0.3, 0.4) is 0 Å². The predicted octanol–water partition coefficient (Wildman–Crippen LogP) is 6.97. The van der Waals surface area contributed by atoms with Crippen LogP contribution in [0.15, 0.2) is 0 Å². The Hall–Kier alpha value is -0.0800. The van der Waals surface area contributed by atoms with E-state index in [9.17, 15) is 10.2 Å². The monoisotopic (exact) mass is 342 g/mol. The van der Waals surface area contributed by atoms with Gasteiger partial charge in [0.15, 0.2) is 5.79 Å². The van der Waals surface area contributed by atoms with E-state index in [1.54, 1.807) is 0 Å². The first kappa shape index (κ1) is 23.9. The zero-order valence-corrected chi connectivity index (χ0v) is 17.0. The molecule has 146 valence electrons. The number of unbranched alkanes of at least 4 members (excludes halogenated alkanes) is 11. The molecule has 2 N–H and O–H groups in total. The first-order valence-electron chi connectivity index (χ1n) is 11.0. The van der Waals surface area contributed by atoms with Gasteiger partial charge in [-0.05, 0) is 19.3 Å². The Morgan fingerprint density at radius 2 is 0.958 bits per heavy atom. The first-order valence-corrected chi connectivity index (χ1v) is 11.0. The van der Waals surface area contributed by atoms with Crippen molar-refractivity contribution in [3.05, 3.63) is 0 Å². The molecule has 1 atom stereocenters. The molecule has 0 amide bonds. The Morgan fingerprint density at radius 1 is 0.542 bits per heavy atom. The summed E-state index contributed by atoms with van der Waals surface area (Å²) in [6.07, 6.45) is 19.6. The van der Waals surface area contributed by atoms with Crippen molar-refractivity contribution in [2.75, 3.05) is 0 Å². The van der Waals surface area contributed by atoms with Gasteiger partial charge < -0.3 is 10.2 Å². The molecule has 0 aliphatic rings. The van der Waals surface area contributed by atoms with Crippen LogP contribution in [0.1, 0.15) is 130 Å². The van der Waals surface area contributed by atoms with Gasteiger partial charge in [0.1, 0.15) is 0 Å².